The number of hydrogen-bond donors (Lipinski definition) is 0. The van der Waals surface area contributed by atoms with Crippen molar-refractivity contribution >= 4 is 16.1 Å². The van der Waals surface area contributed by atoms with E-state index in [-0.39, 0.29) is 5.92 Å². The van der Waals surface area contributed by atoms with Crippen molar-refractivity contribution in [2.75, 3.05) is 7.11 Å². The van der Waals surface area contributed by atoms with Gasteiger partial charge < -0.3 is 4.74 Å². The van der Waals surface area contributed by atoms with Crippen LogP contribution in [0.1, 0.15) is 25.7 Å². The molecule has 3 atom stereocenters. The number of fused-ring (bicyclic) bond motifs is 2. The second-order valence-corrected chi connectivity index (χ2v) is 6.51. The topological polar surface area (TPSA) is 69.7 Å². The van der Waals surface area contributed by atoms with Crippen molar-refractivity contribution in [1.29, 1.82) is 0 Å². The Balaban J connectivity index is 2.04. The summed E-state index contributed by atoms with van der Waals surface area (Å²) in [7, 11) is -4.68. The second-order valence-electron chi connectivity index (χ2n) is 4.76. The Morgan fingerprint density at radius 1 is 1.28 bits per heavy atom. The fraction of sp³-hybridized carbons (Fsp3) is 0.900. The minimum absolute atomic E-state index is 0.0833. The molecule has 2 bridgehead atoms. The molecule has 2 aliphatic carbocycles. The molecule has 0 spiro atoms. The predicted molar refractivity (Wildman–Crippen MR) is 56.2 cm³/mol. The summed E-state index contributed by atoms with van der Waals surface area (Å²) in [6, 6.07) is 0. The zero-order valence-corrected chi connectivity index (χ0v) is 10.6. The molecule has 8 heteroatoms. The molecule has 2 aliphatic rings. The van der Waals surface area contributed by atoms with Gasteiger partial charge in [0.05, 0.1) is 7.11 Å². The number of halogens is 2. The van der Waals surface area contributed by atoms with E-state index in [1.54, 1.807) is 0 Å². The van der Waals surface area contributed by atoms with E-state index in [9.17, 15) is 22.0 Å². The van der Waals surface area contributed by atoms with Gasteiger partial charge in [-0.15, -0.1) is 0 Å². The lowest BCUT2D eigenvalue weighted by atomic mass is 9.98. The van der Waals surface area contributed by atoms with Crippen LogP contribution < -0.4 is 0 Å². The first-order valence-electron chi connectivity index (χ1n) is 5.67. The van der Waals surface area contributed by atoms with Crippen molar-refractivity contribution in [3.8, 4) is 0 Å². The Labute approximate surface area is 104 Å². The highest BCUT2D eigenvalue weighted by atomic mass is 32.2. The van der Waals surface area contributed by atoms with Crippen molar-refractivity contribution in [3.05, 3.63) is 0 Å². The van der Waals surface area contributed by atoms with E-state index < -0.39 is 27.4 Å². The maximum absolute atomic E-state index is 13.3. The zero-order chi connectivity index (χ0) is 13.6. The minimum Gasteiger partial charge on any atom is -0.457 e. The van der Waals surface area contributed by atoms with Gasteiger partial charge >= 0.3 is 21.3 Å². The van der Waals surface area contributed by atoms with Gasteiger partial charge in [-0.2, -0.15) is 17.2 Å². The molecule has 0 aromatic carbocycles. The number of rotatable bonds is 4. The van der Waals surface area contributed by atoms with Crippen molar-refractivity contribution in [1.82, 2.24) is 0 Å². The molecule has 0 saturated heterocycles. The van der Waals surface area contributed by atoms with Crippen molar-refractivity contribution in [2.45, 2.75) is 37.0 Å². The standard InChI is InChI=1S/C10H14F2O5S/c1-16-18(14,15)10(11,12)9(13)17-8-5-6-2-3-7(8)4-6/h6-8H,2-5H2,1H3. The van der Waals surface area contributed by atoms with E-state index in [0.717, 1.165) is 19.3 Å². The van der Waals surface area contributed by atoms with Crippen LogP contribution in [0.3, 0.4) is 0 Å². The van der Waals surface area contributed by atoms with Crippen LogP contribution in [0.4, 0.5) is 8.78 Å². The summed E-state index contributed by atoms with van der Waals surface area (Å²) in [6.07, 6.45) is 2.67. The van der Waals surface area contributed by atoms with Gasteiger partial charge in [-0.25, -0.2) is 4.79 Å². The largest absolute Gasteiger partial charge is 0.466 e. The lowest BCUT2D eigenvalue weighted by molar-refractivity contribution is -0.169. The van der Waals surface area contributed by atoms with Gasteiger partial charge in [0.15, 0.2) is 0 Å². The highest BCUT2D eigenvalue weighted by Gasteiger charge is 2.57. The van der Waals surface area contributed by atoms with Crippen molar-refractivity contribution in [3.63, 3.8) is 0 Å². The monoisotopic (exact) mass is 284 g/mol. The average molecular weight is 284 g/mol. The summed E-state index contributed by atoms with van der Waals surface area (Å²) in [5.74, 6) is -1.55. The molecule has 2 rings (SSSR count). The smallest absolute Gasteiger partial charge is 0.457 e. The molecule has 5 nitrogen and oxygen atoms in total. The SMILES string of the molecule is COS(=O)(=O)C(F)(F)C(=O)OC1CC2CCC1C2. The second kappa shape index (κ2) is 4.41. The van der Waals surface area contributed by atoms with Crippen molar-refractivity contribution < 1.29 is 30.9 Å². The van der Waals surface area contributed by atoms with Crippen molar-refractivity contribution in [2.24, 2.45) is 11.8 Å². The molecule has 0 aromatic heterocycles. The van der Waals surface area contributed by atoms with E-state index in [2.05, 4.69) is 8.92 Å². The van der Waals surface area contributed by atoms with Crippen LogP contribution in [-0.4, -0.2) is 32.9 Å². The third-order valence-corrected chi connectivity index (χ3v) is 4.94. The third kappa shape index (κ3) is 2.11. The van der Waals surface area contributed by atoms with E-state index in [1.807, 2.05) is 0 Å². The fourth-order valence-corrected chi connectivity index (χ4v) is 3.21. The summed E-state index contributed by atoms with van der Waals surface area (Å²) in [5.41, 5.74) is 0. The van der Waals surface area contributed by atoms with Gasteiger partial charge in [0.2, 0.25) is 0 Å². The first-order chi connectivity index (χ1) is 8.28. The maximum atomic E-state index is 13.3. The number of carbonyl (C=O) groups excluding carboxylic acids is 1. The Morgan fingerprint density at radius 3 is 2.39 bits per heavy atom. The minimum atomic E-state index is -5.26. The molecule has 0 aliphatic heterocycles. The van der Waals surface area contributed by atoms with Crippen LogP contribution in [-0.2, 0) is 23.8 Å². The van der Waals surface area contributed by atoms with E-state index in [0.29, 0.717) is 19.4 Å². The molecule has 104 valence electrons. The molecule has 0 amide bonds. The Hall–Kier alpha value is -0.760. The van der Waals surface area contributed by atoms with Crippen LogP contribution in [0.25, 0.3) is 0 Å². The van der Waals surface area contributed by atoms with E-state index >= 15 is 0 Å². The van der Waals surface area contributed by atoms with Gasteiger partial charge in [-0.1, -0.05) is 0 Å². The van der Waals surface area contributed by atoms with Gasteiger partial charge in [-0.3, -0.25) is 4.18 Å². The number of esters is 1. The highest BCUT2D eigenvalue weighted by Crippen LogP contribution is 2.46. The van der Waals surface area contributed by atoms with Crippen LogP contribution in [0, 0.1) is 11.8 Å². The summed E-state index contributed by atoms with van der Waals surface area (Å²) in [6.45, 7) is 0. The quantitative estimate of drug-likeness (QED) is 0.574. The molecule has 0 radical (unpaired) electrons. The predicted octanol–water partition coefficient (Wildman–Crippen LogP) is 1.29. The number of ether oxygens (including phenoxy) is 1. The molecule has 18 heavy (non-hydrogen) atoms. The van der Waals surface area contributed by atoms with Gasteiger partial charge in [0.1, 0.15) is 6.10 Å². The first-order valence-corrected chi connectivity index (χ1v) is 7.08. The van der Waals surface area contributed by atoms with Gasteiger partial charge in [-0.05, 0) is 37.5 Å². The lowest BCUT2D eigenvalue weighted by Gasteiger charge is -2.23. The molecule has 0 heterocycles. The average Bonchev–Trinajstić information content (AvgIpc) is 2.90. The van der Waals surface area contributed by atoms with Crippen LogP contribution in [0.15, 0.2) is 0 Å². The summed E-state index contributed by atoms with van der Waals surface area (Å²) < 4.78 is 56.8. The van der Waals surface area contributed by atoms with Gasteiger partial charge in [0, 0.05) is 0 Å². The fourth-order valence-electron chi connectivity index (χ4n) is 2.74. The Kier molecular flexibility index (Phi) is 3.35. The molecular weight excluding hydrogens is 270 g/mol. The number of hydrogen-bond acceptors (Lipinski definition) is 5. The zero-order valence-electron chi connectivity index (χ0n) is 9.77. The van der Waals surface area contributed by atoms with Crippen LogP contribution in [0.5, 0.6) is 0 Å². The molecule has 2 saturated carbocycles. The molecule has 0 N–H and O–H groups in total. The lowest BCUT2D eigenvalue weighted by Crippen LogP contribution is -2.42. The van der Waals surface area contributed by atoms with Gasteiger partial charge in [0.25, 0.3) is 0 Å². The van der Waals surface area contributed by atoms with E-state index in [4.69, 9.17) is 0 Å². The third-order valence-electron chi connectivity index (χ3n) is 3.70. The maximum Gasteiger partial charge on any atom is 0.466 e. The normalized spacial score (nSPS) is 31.6. The van der Waals surface area contributed by atoms with Crippen LogP contribution in [0.2, 0.25) is 0 Å². The first kappa shape index (κ1) is 13.7. The molecule has 2 fully saturated rings. The Morgan fingerprint density at radius 2 is 1.94 bits per heavy atom. The summed E-state index contributed by atoms with van der Waals surface area (Å²) in [5, 5.41) is -4.65. The highest BCUT2D eigenvalue weighted by molar-refractivity contribution is 7.88. The van der Waals surface area contributed by atoms with E-state index in [1.165, 1.54) is 0 Å². The summed E-state index contributed by atoms with van der Waals surface area (Å²) >= 11 is 0. The number of carbonyl (C=O) groups is 1. The molecule has 0 aromatic rings. The summed E-state index contributed by atoms with van der Waals surface area (Å²) in [4.78, 5) is 11.3. The molecular formula is C10H14F2O5S. The van der Waals surface area contributed by atoms with Crippen LogP contribution >= 0.6 is 0 Å². The number of alkyl halides is 2. The molecule has 3 unspecified atom stereocenters. The Bertz CT molecular complexity index is 447.